The monoisotopic (exact) mass is 302 g/mol. The first-order valence-electron chi connectivity index (χ1n) is 4.34. The summed E-state index contributed by atoms with van der Waals surface area (Å²) < 4.78 is 25.7. The molecule has 1 rings (SSSR count). The van der Waals surface area contributed by atoms with E-state index in [1.54, 1.807) is 12.1 Å². The summed E-state index contributed by atoms with van der Waals surface area (Å²) in [6.45, 7) is 1.47. The fraction of sp³-hybridized carbons (Fsp3) is 0.333. The van der Waals surface area contributed by atoms with E-state index in [1.807, 2.05) is 0 Å². The predicted molar refractivity (Wildman–Crippen MR) is 65.4 cm³/mol. The Balaban J connectivity index is 3.27. The lowest BCUT2D eigenvalue weighted by Gasteiger charge is -2.20. The van der Waals surface area contributed by atoms with Gasteiger partial charge in [0.05, 0.1) is 6.61 Å². The summed E-state index contributed by atoms with van der Waals surface area (Å²) >= 11 is 17.4. The number of rotatable bonds is 4. The molecule has 0 aliphatic heterocycles. The second-order valence-electron chi connectivity index (χ2n) is 2.86. The van der Waals surface area contributed by atoms with Crippen LogP contribution >= 0.6 is 34.8 Å². The summed E-state index contributed by atoms with van der Waals surface area (Å²) in [7, 11) is -4.14. The Labute approximate surface area is 109 Å². The lowest BCUT2D eigenvalue weighted by molar-refractivity contribution is 0.334. The van der Waals surface area contributed by atoms with E-state index in [9.17, 15) is 8.42 Å². The molecule has 0 atom stereocenters. The van der Waals surface area contributed by atoms with Crippen molar-refractivity contribution in [1.29, 1.82) is 0 Å². The van der Waals surface area contributed by atoms with Gasteiger partial charge in [0, 0.05) is 10.6 Å². The number of alkyl halides is 2. The van der Waals surface area contributed by atoms with E-state index in [2.05, 4.69) is 4.18 Å². The molecule has 0 N–H and O–H groups in total. The molecule has 0 radical (unpaired) electrons. The molecule has 0 aromatic heterocycles. The SMILES string of the molecule is CCOS(=O)(=O)C(Cl)(Cl)c1ccccc1Cl. The van der Waals surface area contributed by atoms with Gasteiger partial charge in [0.15, 0.2) is 0 Å². The van der Waals surface area contributed by atoms with Crippen LogP contribution < -0.4 is 0 Å². The molecule has 0 aliphatic carbocycles. The quantitative estimate of drug-likeness (QED) is 0.633. The van der Waals surface area contributed by atoms with E-state index >= 15 is 0 Å². The van der Waals surface area contributed by atoms with Gasteiger partial charge in [-0.2, -0.15) is 8.42 Å². The maximum Gasteiger partial charge on any atom is 0.306 e. The predicted octanol–water partition coefficient (Wildman–Crippen LogP) is 3.29. The van der Waals surface area contributed by atoms with E-state index < -0.39 is 13.8 Å². The molecule has 0 amide bonds. The highest BCUT2D eigenvalue weighted by Crippen LogP contribution is 2.43. The second-order valence-corrected chi connectivity index (χ2v) is 6.80. The number of halogens is 3. The van der Waals surface area contributed by atoms with Gasteiger partial charge in [-0.1, -0.05) is 53.0 Å². The van der Waals surface area contributed by atoms with Crippen molar-refractivity contribution in [3.63, 3.8) is 0 Å². The molecule has 0 saturated carbocycles. The number of hydrogen-bond donors (Lipinski definition) is 0. The number of hydrogen-bond acceptors (Lipinski definition) is 3. The summed E-state index contributed by atoms with van der Waals surface area (Å²) in [5, 5.41) is 0.163. The van der Waals surface area contributed by atoms with Crippen LogP contribution in [0.2, 0.25) is 5.02 Å². The largest absolute Gasteiger partial charge is 0.306 e. The molecule has 0 saturated heterocycles. The van der Waals surface area contributed by atoms with Gasteiger partial charge in [-0.05, 0) is 13.0 Å². The third-order valence-corrected chi connectivity index (χ3v) is 5.04. The molecule has 0 spiro atoms. The molecule has 0 aliphatic rings. The average Bonchev–Trinajstić information content (AvgIpc) is 2.17. The van der Waals surface area contributed by atoms with Gasteiger partial charge < -0.3 is 0 Å². The maximum atomic E-state index is 11.7. The number of benzene rings is 1. The maximum absolute atomic E-state index is 11.7. The lowest BCUT2D eigenvalue weighted by Crippen LogP contribution is -2.26. The summed E-state index contributed by atoms with van der Waals surface area (Å²) in [5.41, 5.74) is 0.0773. The van der Waals surface area contributed by atoms with Crippen molar-refractivity contribution in [2.24, 2.45) is 0 Å². The first kappa shape index (κ1) is 14.1. The zero-order valence-corrected chi connectivity index (χ0v) is 11.4. The van der Waals surface area contributed by atoms with E-state index in [0.29, 0.717) is 0 Å². The highest BCUT2D eigenvalue weighted by atomic mass is 35.5. The van der Waals surface area contributed by atoms with Gasteiger partial charge >= 0.3 is 10.1 Å². The fourth-order valence-electron chi connectivity index (χ4n) is 1.06. The first-order chi connectivity index (χ1) is 7.33. The summed E-state index contributed by atoms with van der Waals surface area (Å²) in [4.78, 5) is 0. The van der Waals surface area contributed by atoms with Crippen molar-refractivity contribution < 1.29 is 12.6 Å². The van der Waals surface area contributed by atoms with Gasteiger partial charge in [-0.15, -0.1) is 0 Å². The van der Waals surface area contributed by atoms with Crippen molar-refractivity contribution in [2.45, 2.75) is 10.6 Å². The van der Waals surface area contributed by atoms with Crippen molar-refractivity contribution in [3.8, 4) is 0 Å². The van der Waals surface area contributed by atoms with Gasteiger partial charge in [0.2, 0.25) is 0 Å². The molecule has 7 heteroatoms. The highest BCUT2D eigenvalue weighted by Gasteiger charge is 2.44. The van der Waals surface area contributed by atoms with Crippen LogP contribution in [0.4, 0.5) is 0 Å². The van der Waals surface area contributed by atoms with E-state index in [0.717, 1.165) is 0 Å². The molecule has 1 aromatic rings. The molecular formula is C9H9Cl3O3S. The fourth-order valence-corrected chi connectivity index (χ4v) is 2.99. The molecule has 0 heterocycles. The molecular weight excluding hydrogens is 295 g/mol. The van der Waals surface area contributed by atoms with Crippen LogP contribution in [0.5, 0.6) is 0 Å². The molecule has 90 valence electrons. The molecule has 1 aromatic carbocycles. The third-order valence-electron chi connectivity index (χ3n) is 1.77. The van der Waals surface area contributed by atoms with Crippen LogP contribution in [0.25, 0.3) is 0 Å². The minimum absolute atomic E-state index is 0.0476. The third kappa shape index (κ3) is 2.63. The Bertz CT molecular complexity index is 471. The zero-order chi connectivity index (χ0) is 12.4. The van der Waals surface area contributed by atoms with Crippen molar-refractivity contribution in [1.82, 2.24) is 0 Å². The van der Waals surface area contributed by atoms with Crippen LogP contribution in [-0.4, -0.2) is 15.0 Å². The normalized spacial score (nSPS) is 12.8. The average molecular weight is 304 g/mol. The van der Waals surface area contributed by atoms with Crippen LogP contribution in [0.15, 0.2) is 24.3 Å². The van der Waals surface area contributed by atoms with E-state index in [4.69, 9.17) is 34.8 Å². The molecule has 0 fully saturated rings. The van der Waals surface area contributed by atoms with Crippen LogP contribution in [-0.2, 0) is 18.0 Å². The second kappa shape index (κ2) is 5.10. The molecule has 0 bridgehead atoms. The Morgan fingerprint density at radius 2 is 1.88 bits per heavy atom. The summed E-state index contributed by atoms with van der Waals surface area (Å²) in [6.07, 6.45) is 0. The van der Waals surface area contributed by atoms with Crippen molar-refractivity contribution >= 4 is 44.9 Å². The van der Waals surface area contributed by atoms with Crippen LogP contribution in [0.3, 0.4) is 0 Å². The Morgan fingerprint density at radius 1 is 1.31 bits per heavy atom. The molecule has 0 unspecified atom stereocenters. The summed E-state index contributed by atoms with van der Waals surface area (Å²) in [6, 6.07) is 6.15. The topological polar surface area (TPSA) is 43.4 Å². The Kier molecular flexibility index (Phi) is 4.49. The summed E-state index contributed by atoms with van der Waals surface area (Å²) in [5.74, 6) is 0. The Morgan fingerprint density at radius 3 is 2.38 bits per heavy atom. The highest BCUT2D eigenvalue weighted by molar-refractivity contribution is 7.90. The van der Waals surface area contributed by atoms with Gasteiger partial charge in [-0.25, -0.2) is 0 Å². The van der Waals surface area contributed by atoms with Gasteiger partial charge in [0.25, 0.3) is 3.67 Å². The van der Waals surface area contributed by atoms with Gasteiger partial charge in [-0.3, -0.25) is 4.18 Å². The molecule has 16 heavy (non-hydrogen) atoms. The minimum atomic E-state index is -4.14. The smallest absolute Gasteiger partial charge is 0.268 e. The van der Waals surface area contributed by atoms with Crippen LogP contribution in [0.1, 0.15) is 12.5 Å². The van der Waals surface area contributed by atoms with Crippen molar-refractivity contribution in [3.05, 3.63) is 34.9 Å². The van der Waals surface area contributed by atoms with Gasteiger partial charge in [0.1, 0.15) is 0 Å². The van der Waals surface area contributed by atoms with E-state index in [-0.39, 0.29) is 17.2 Å². The van der Waals surface area contributed by atoms with Crippen molar-refractivity contribution in [2.75, 3.05) is 6.61 Å². The minimum Gasteiger partial charge on any atom is -0.268 e. The Hall–Kier alpha value is -0.000000000000000111. The van der Waals surface area contributed by atoms with Crippen LogP contribution in [0, 0.1) is 0 Å². The lowest BCUT2D eigenvalue weighted by atomic mass is 10.2. The standard InChI is InChI=1S/C9H9Cl3O3S/c1-2-15-16(13,14)9(11,12)7-5-3-4-6-8(7)10/h3-6H,2H2,1H3. The first-order valence-corrected chi connectivity index (χ1v) is 6.89. The molecule has 3 nitrogen and oxygen atoms in total. The van der Waals surface area contributed by atoms with E-state index in [1.165, 1.54) is 19.1 Å². The zero-order valence-electron chi connectivity index (χ0n) is 8.28.